The van der Waals surface area contributed by atoms with Crippen LogP contribution in [0.1, 0.15) is 33.1 Å². The average Bonchev–Trinajstić information content (AvgIpc) is 2.29. The lowest BCUT2D eigenvalue weighted by Crippen LogP contribution is -2.27. The van der Waals surface area contributed by atoms with Crippen molar-refractivity contribution in [3.8, 4) is 0 Å². The predicted octanol–water partition coefficient (Wildman–Crippen LogP) is 0.915. The van der Waals surface area contributed by atoms with Gasteiger partial charge in [0.2, 0.25) is 5.91 Å². The second-order valence-electron chi connectivity index (χ2n) is 3.82. The smallest absolute Gasteiger partial charge is 0.220 e. The molecule has 0 heterocycles. The van der Waals surface area contributed by atoms with E-state index >= 15 is 0 Å². The zero-order valence-corrected chi connectivity index (χ0v) is 10.8. The van der Waals surface area contributed by atoms with Gasteiger partial charge in [-0.15, -0.1) is 0 Å². The summed E-state index contributed by atoms with van der Waals surface area (Å²) in [5.74, 6) is 0.0801. The number of nitrogens with one attached hydrogen (secondary N) is 1. The third-order valence-corrected chi connectivity index (χ3v) is 2.00. The van der Waals surface area contributed by atoms with Gasteiger partial charge in [0.15, 0.2) is 5.78 Å². The standard InChI is InChI=1S/C12H23NO4/c1-3-4-5-12(15)13-6-7-16-8-9-17-10-11(2)14/h3-10H2,1-2H3,(H,13,15). The number of hydrogen-bond acceptors (Lipinski definition) is 4. The van der Waals surface area contributed by atoms with Gasteiger partial charge < -0.3 is 14.8 Å². The van der Waals surface area contributed by atoms with Gasteiger partial charge in [0.05, 0.1) is 19.8 Å². The summed E-state index contributed by atoms with van der Waals surface area (Å²) in [5.41, 5.74) is 0. The van der Waals surface area contributed by atoms with Crippen molar-refractivity contribution in [3.63, 3.8) is 0 Å². The van der Waals surface area contributed by atoms with Crippen LogP contribution in [0.2, 0.25) is 0 Å². The van der Waals surface area contributed by atoms with E-state index in [0.29, 0.717) is 32.8 Å². The molecule has 5 nitrogen and oxygen atoms in total. The number of ether oxygens (including phenoxy) is 2. The average molecular weight is 245 g/mol. The Morgan fingerprint density at radius 2 is 1.82 bits per heavy atom. The van der Waals surface area contributed by atoms with E-state index in [1.54, 1.807) is 0 Å². The second kappa shape index (κ2) is 11.5. The fraction of sp³-hybridized carbons (Fsp3) is 0.833. The van der Waals surface area contributed by atoms with Gasteiger partial charge in [0, 0.05) is 13.0 Å². The first-order chi connectivity index (χ1) is 8.16. The Hall–Kier alpha value is -0.940. The van der Waals surface area contributed by atoms with Crippen molar-refractivity contribution in [1.82, 2.24) is 5.32 Å². The molecule has 0 saturated heterocycles. The third kappa shape index (κ3) is 13.0. The van der Waals surface area contributed by atoms with Crippen molar-refractivity contribution in [2.45, 2.75) is 33.1 Å². The number of ketones is 1. The largest absolute Gasteiger partial charge is 0.377 e. The van der Waals surface area contributed by atoms with Gasteiger partial charge in [0.25, 0.3) is 0 Å². The highest BCUT2D eigenvalue weighted by atomic mass is 16.5. The van der Waals surface area contributed by atoms with Crippen molar-refractivity contribution < 1.29 is 19.1 Å². The van der Waals surface area contributed by atoms with Gasteiger partial charge in [-0.3, -0.25) is 9.59 Å². The molecule has 0 bridgehead atoms. The molecule has 0 fully saturated rings. The molecule has 0 radical (unpaired) electrons. The molecule has 0 aliphatic rings. The molecule has 0 unspecified atom stereocenters. The first kappa shape index (κ1) is 16.1. The van der Waals surface area contributed by atoms with Gasteiger partial charge in [-0.2, -0.15) is 0 Å². The molecule has 1 N–H and O–H groups in total. The lowest BCUT2D eigenvalue weighted by molar-refractivity contribution is -0.123. The van der Waals surface area contributed by atoms with E-state index in [1.165, 1.54) is 6.92 Å². The second-order valence-corrected chi connectivity index (χ2v) is 3.82. The zero-order valence-electron chi connectivity index (χ0n) is 10.8. The minimum Gasteiger partial charge on any atom is -0.377 e. The lowest BCUT2D eigenvalue weighted by atomic mass is 10.2. The minimum absolute atomic E-state index is 0.00758. The Balaban J connectivity index is 3.12. The molecular formula is C12H23NO4. The Morgan fingerprint density at radius 1 is 1.12 bits per heavy atom. The first-order valence-electron chi connectivity index (χ1n) is 6.08. The molecular weight excluding hydrogens is 222 g/mol. The van der Waals surface area contributed by atoms with Crippen LogP contribution in [0.3, 0.4) is 0 Å². The van der Waals surface area contributed by atoms with E-state index in [-0.39, 0.29) is 18.3 Å². The number of Topliss-reactive ketones (excluding diaryl/α,β-unsaturated/α-hetero) is 1. The van der Waals surface area contributed by atoms with Crippen LogP contribution in [0, 0.1) is 0 Å². The number of hydrogen-bond donors (Lipinski definition) is 1. The summed E-state index contributed by atoms with van der Waals surface area (Å²) in [6, 6.07) is 0. The minimum atomic E-state index is 0.00758. The maximum atomic E-state index is 11.2. The number of unbranched alkanes of at least 4 members (excludes halogenated alkanes) is 1. The monoisotopic (exact) mass is 245 g/mol. The van der Waals surface area contributed by atoms with Crippen LogP contribution in [0.25, 0.3) is 0 Å². The van der Waals surface area contributed by atoms with E-state index in [2.05, 4.69) is 12.2 Å². The molecule has 1 amide bonds. The van der Waals surface area contributed by atoms with Crippen LogP contribution >= 0.6 is 0 Å². The highest BCUT2D eigenvalue weighted by Crippen LogP contribution is 1.92. The summed E-state index contributed by atoms with van der Waals surface area (Å²) in [7, 11) is 0. The SMILES string of the molecule is CCCCC(=O)NCCOCCOCC(C)=O. The van der Waals surface area contributed by atoms with E-state index < -0.39 is 0 Å². The number of carbonyl (C=O) groups excluding carboxylic acids is 2. The summed E-state index contributed by atoms with van der Waals surface area (Å²) in [6.45, 7) is 5.51. The van der Waals surface area contributed by atoms with E-state index in [4.69, 9.17) is 9.47 Å². The summed E-state index contributed by atoms with van der Waals surface area (Å²) in [4.78, 5) is 21.7. The highest BCUT2D eigenvalue weighted by Gasteiger charge is 1.98. The molecule has 0 aromatic rings. The molecule has 5 heteroatoms. The summed E-state index contributed by atoms with van der Waals surface area (Å²) in [5, 5.41) is 2.77. The molecule has 17 heavy (non-hydrogen) atoms. The highest BCUT2D eigenvalue weighted by molar-refractivity contribution is 5.76. The molecule has 0 aliphatic heterocycles. The van der Waals surface area contributed by atoms with Crippen LogP contribution in [0.5, 0.6) is 0 Å². The van der Waals surface area contributed by atoms with Crippen molar-refractivity contribution in [1.29, 1.82) is 0 Å². The van der Waals surface area contributed by atoms with Crippen molar-refractivity contribution >= 4 is 11.7 Å². The van der Waals surface area contributed by atoms with Crippen molar-refractivity contribution in [3.05, 3.63) is 0 Å². The number of amides is 1. The van der Waals surface area contributed by atoms with Gasteiger partial charge in [-0.25, -0.2) is 0 Å². The van der Waals surface area contributed by atoms with E-state index in [9.17, 15) is 9.59 Å². The normalized spacial score (nSPS) is 10.2. The van der Waals surface area contributed by atoms with Gasteiger partial charge in [-0.1, -0.05) is 13.3 Å². The summed E-state index contributed by atoms with van der Waals surface area (Å²) in [6.07, 6.45) is 2.53. The molecule has 0 aromatic heterocycles. The van der Waals surface area contributed by atoms with Gasteiger partial charge in [0.1, 0.15) is 6.61 Å². The first-order valence-corrected chi connectivity index (χ1v) is 6.08. The Kier molecular flexibility index (Phi) is 10.9. The maximum absolute atomic E-state index is 11.2. The predicted molar refractivity (Wildman–Crippen MR) is 64.9 cm³/mol. The number of carbonyl (C=O) groups is 2. The molecule has 0 saturated carbocycles. The number of rotatable bonds is 11. The van der Waals surface area contributed by atoms with Crippen molar-refractivity contribution in [2.75, 3.05) is 33.0 Å². The zero-order chi connectivity index (χ0) is 12.9. The Morgan fingerprint density at radius 3 is 2.47 bits per heavy atom. The quantitative estimate of drug-likeness (QED) is 0.550. The van der Waals surface area contributed by atoms with Crippen LogP contribution < -0.4 is 5.32 Å². The molecule has 0 aliphatic carbocycles. The Bertz CT molecular complexity index is 219. The molecule has 0 spiro atoms. The van der Waals surface area contributed by atoms with Gasteiger partial charge in [-0.05, 0) is 13.3 Å². The van der Waals surface area contributed by atoms with Crippen LogP contribution in [-0.2, 0) is 19.1 Å². The summed E-state index contributed by atoms with van der Waals surface area (Å²) >= 11 is 0. The van der Waals surface area contributed by atoms with Crippen LogP contribution in [-0.4, -0.2) is 44.7 Å². The molecule has 100 valence electrons. The van der Waals surface area contributed by atoms with E-state index in [0.717, 1.165) is 12.8 Å². The maximum Gasteiger partial charge on any atom is 0.220 e. The lowest BCUT2D eigenvalue weighted by Gasteiger charge is -2.06. The molecule has 0 atom stereocenters. The summed E-state index contributed by atoms with van der Waals surface area (Å²) < 4.78 is 10.2. The molecule has 0 aromatic carbocycles. The van der Waals surface area contributed by atoms with Gasteiger partial charge >= 0.3 is 0 Å². The third-order valence-electron chi connectivity index (χ3n) is 2.00. The molecule has 0 rings (SSSR count). The fourth-order valence-electron chi connectivity index (χ4n) is 1.12. The van der Waals surface area contributed by atoms with Crippen LogP contribution in [0.4, 0.5) is 0 Å². The van der Waals surface area contributed by atoms with E-state index in [1.807, 2.05) is 0 Å². The van der Waals surface area contributed by atoms with Crippen LogP contribution in [0.15, 0.2) is 0 Å². The Labute approximate surface area is 103 Å². The topological polar surface area (TPSA) is 64.6 Å². The fourth-order valence-corrected chi connectivity index (χ4v) is 1.12. The van der Waals surface area contributed by atoms with Crippen molar-refractivity contribution in [2.24, 2.45) is 0 Å².